The second-order valence-corrected chi connectivity index (χ2v) is 7.87. The molecule has 0 radical (unpaired) electrons. The number of nitrogens with one attached hydrogen (secondary N) is 3. The number of hydrogen-bond acceptors (Lipinski definition) is 3. The Bertz CT molecular complexity index is 1400. The van der Waals surface area contributed by atoms with E-state index in [1.54, 1.807) is 12.1 Å². The highest BCUT2D eigenvalue weighted by Gasteiger charge is 2.19. The molecule has 2 heterocycles. The molecule has 1 aliphatic carbocycles. The Balaban J connectivity index is 1.48. The van der Waals surface area contributed by atoms with Crippen molar-refractivity contribution in [2.75, 3.05) is 0 Å². The summed E-state index contributed by atoms with van der Waals surface area (Å²) in [5, 5.41) is 2.95. The van der Waals surface area contributed by atoms with Crippen LogP contribution in [0.4, 0.5) is 0 Å². The second-order valence-electron chi connectivity index (χ2n) is 7.87. The third-order valence-electron chi connectivity index (χ3n) is 5.84. The Morgan fingerprint density at radius 2 is 1.71 bits per heavy atom. The third-order valence-corrected chi connectivity index (χ3v) is 5.84. The van der Waals surface area contributed by atoms with Gasteiger partial charge in [-0.25, -0.2) is 0 Å². The predicted octanol–water partition coefficient (Wildman–Crippen LogP) is 2.82. The number of benzene rings is 2. The molecule has 0 aliphatic heterocycles. The molecule has 0 saturated heterocycles. The fourth-order valence-electron chi connectivity index (χ4n) is 4.31. The lowest BCUT2D eigenvalue weighted by molar-refractivity contribution is 0.0951. The van der Waals surface area contributed by atoms with E-state index in [4.69, 9.17) is 0 Å². The number of nitrogens with zero attached hydrogens (tertiary/aromatic N) is 1. The minimum Gasteiger partial charge on any atom is -0.348 e. The lowest BCUT2D eigenvalue weighted by Crippen LogP contribution is -2.29. The van der Waals surface area contributed by atoms with Crippen molar-refractivity contribution in [3.05, 3.63) is 97.8 Å². The molecular weight excluding hydrogens is 392 g/mol. The minimum absolute atomic E-state index is 0.113. The minimum atomic E-state index is -0.647. The first-order valence-corrected chi connectivity index (χ1v) is 10.4. The molecule has 5 rings (SSSR count). The standard InChI is InChI=1S/C24H22N4O3/c29-22(16-6-2-1-3-7-16)25-13-15-10-11-28(14-15)20-12-19-21(27-24(31)23(30)26-19)18-9-5-4-8-17(18)20/h1-3,6-7,10-12,14H,4-5,8-9,13H2,(H,25,29)(H,26,30)(H,27,31). The molecule has 156 valence electrons. The van der Waals surface area contributed by atoms with Crippen LogP contribution in [0.3, 0.4) is 0 Å². The van der Waals surface area contributed by atoms with Gasteiger partial charge in [-0.15, -0.1) is 0 Å². The Hall–Kier alpha value is -3.87. The molecule has 3 N–H and O–H groups in total. The zero-order valence-corrected chi connectivity index (χ0v) is 16.9. The van der Waals surface area contributed by atoms with Gasteiger partial charge in [-0.05, 0) is 66.6 Å². The summed E-state index contributed by atoms with van der Waals surface area (Å²) in [6, 6.07) is 13.0. The molecule has 1 amide bonds. The first-order valence-electron chi connectivity index (χ1n) is 10.4. The Labute approximate surface area is 177 Å². The highest BCUT2D eigenvalue weighted by atomic mass is 16.2. The van der Waals surface area contributed by atoms with E-state index in [-0.39, 0.29) is 5.91 Å². The summed E-state index contributed by atoms with van der Waals surface area (Å²) >= 11 is 0. The third kappa shape index (κ3) is 3.59. The van der Waals surface area contributed by atoms with E-state index in [1.165, 1.54) is 5.56 Å². The maximum Gasteiger partial charge on any atom is 0.314 e. The molecule has 0 bridgehead atoms. The molecule has 0 unspecified atom stereocenters. The van der Waals surface area contributed by atoms with Crippen molar-refractivity contribution in [2.24, 2.45) is 0 Å². The number of amides is 1. The van der Waals surface area contributed by atoms with Gasteiger partial charge in [-0.1, -0.05) is 18.2 Å². The topological polar surface area (TPSA) is 99.8 Å². The Morgan fingerprint density at radius 3 is 2.52 bits per heavy atom. The number of H-pyrrole nitrogens is 2. The van der Waals surface area contributed by atoms with E-state index in [2.05, 4.69) is 15.3 Å². The van der Waals surface area contributed by atoms with Crippen molar-refractivity contribution in [1.29, 1.82) is 0 Å². The number of rotatable bonds is 4. The van der Waals surface area contributed by atoms with Crippen LogP contribution in [0.15, 0.2) is 64.4 Å². The van der Waals surface area contributed by atoms with E-state index < -0.39 is 11.1 Å². The van der Waals surface area contributed by atoms with Gasteiger partial charge >= 0.3 is 11.1 Å². The summed E-state index contributed by atoms with van der Waals surface area (Å²) in [5.74, 6) is -0.113. The SMILES string of the molecule is O=C(NCc1ccn(-c2cc3[nH]c(=O)c(=O)[nH]c3c3c2CCCC3)c1)c1ccccc1. The van der Waals surface area contributed by atoms with E-state index in [0.29, 0.717) is 17.6 Å². The second kappa shape index (κ2) is 7.75. The Morgan fingerprint density at radius 1 is 0.968 bits per heavy atom. The van der Waals surface area contributed by atoms with Gasteiger partial charge in [0.25, 0.3) is 5.91 Å². The molecule has 1 aliphatic rings. The molecule has 7 nitrogen and oxygen atoms in total. The van der Waals surface area contributed by atoms with Crippen molar-refractivity contribution < 1.29 is 4.79 Å². The van der Waals surface area contributed by atoms with Crippen LogP contribution in [0, 0.1) is 0 Å². The lowest BCUT2D eigenvalue weighted by atomic mass is 9.89. The molecule has 0 saturated carbocycles. The molecule has 0 fully saturated rings. The maximum absolute atomic E-state index is 12.3. The average molecular weight is 414 g/mol. The predicted molar refractivity (Wildman–Crippen MR) is 119 cm³/mol. The van der Waals surface area contributed by atoms with Gasteiger partial charge in [0.2, 0.25) is 0 Å². The molecule has 31 heavy (non-hydrogen) atoms. The van der Waals surface area contributed by atoms with Crippen molar-refractivity contribution in [3.63, 3.8) is 0 Å². The monoisotopic (exact) mass is 414 g/mol. The van der Waals surface area contributed by atoms with E-state index in [9.17, 15) is 14.4 Å². The van der Waals surface area contributed by atoms with Crippen molar-refractivity contribution in [3.8, 4) is 5.69 Å². The van der Waals surface area contributed by atoms with Gasteiger partial charge in [-0.2, -0.15) is 0 Å². The zero-order chi connectivity index (χ0) is 21.4. The average Bonchev–Trinajstić information content (AvgIpc) is 3.27. The summed E-state index contributed by atoms with van der Waals surface area (Å²) < 4.78 is 2.02. The number of carbonyl (C=O) groups is 1. The quantitative estimate of drug-likeness (QED) is 0.448. The fourth-order valence-corrected chi connectivity index (χ4v) is 4.31. The number of hydrogen-bond donors (Lipinski definition) is 3. The Kier molecular flexibility index (Phi) is 4.78. The van der Waals surface area contributed by atoms with Gasteiger partial charge in [0.15, 0.2) is 0 Å². The van der Waals surface area contributed by atoms with E-state index >= 15 is 0 Å². The van der Waals surface area contributed by atoms with Crippen LogP contribution < -0.4 is 16.4 Å². The van der Waals surface area contributed by atoms with Gasteiger partial charge in [-0.3, -0.25) is 14.4 Å². The van der Waals surface area contributed by atoms with Crippen LogP contribution >= 0.6 is 0 Å². The zero-order valence-electron chi connectivity index (χ0n) is 16.9. The normalized spacial score (nSPS) is 13.2. The van der Waals surface area contributed by atoms with Gasteiger partial charge in [0.05, 0.1) is 16.7 Å². The van der Waals surface area contributed by atoms with Crippen LogP contribution in [-0.4, -0.2) is 20.4 Å². The summed E-state index contributed by atoms with van der Waals surface area (Å²) in [4.78, 5) is 41.5. The van der Waals surface area contributed by atoms with Crippen molar-refractivity contribution in [2.45, 2.75) is 32.2 Å². The summed E-state index contributed by atoms with van der Waals surface area (Å²) in [6.07, 6.45) is 7.87. The number of fused-ring (bicyclic) bond motifs is 3. The molecule has 2 aromatic heterocycles. The van der Waals surface area contributed by atoms with Gasteiger partial charge in [0.1, 0.15) is 0 Å². The number of carbonyl (C=O) groups excluding carboxylic acids is 1. The molecule has 7 heteroatoms. The molecule has 2 aromatic carbocycles. The smallest absolute Gasteiger partial charge is 0.314 e. The summed E-state index contributed by atoms with van der Waals surface area (Å²) in [7, 11) is 0. The van der Waals surface area contributed by atoms with Crippen LogP contribution in [-0.2, 0) is 19.4 Å². The molecule has 0 atom stereocenters. The van der Waals surface area contributed by atoms with E-state index in [1.807, 2.05) is 47.3 Å². The maximum atomic E-state index is 12.3. The van der Waals surface area contributed by atoms with Gasteiger partial charge in [0, 0.05) is 24.5 Å². The molecule has 0 spiro atoms. The number of aromatic nitrogens is 3. The van der Waals surface area contributed by atoms with Crippen LogP contribution in [0.1, 0.15) is 39.9 Å². The number of aryl methyl sites for hydroxylation is 1. The lowest BCUT2D eigenvalue weighted by Gasteiger charge is -2.22. The molecular formula is C24H22N4O3. The summed E-state index contributed by atoms with van der Waals surface area (Å²) in [5.41, 5.74) is 4.98. The number of aromatic amines is 2. The first-order chi connectivity index (χ1) is 15.1. The first kappa shape index (κ1) is 19.1. The van der Waals surface area contributed by atoms with E-state index in [0.717, 1.165) is 48.0 Å². The largest absolute Gasteiger partial charge is 0.348 e. The van der Waals surface area contributed by atoms with Crippen molar-refractivity contribution >= 4 is 16.9 Å². The highest BCUT2D eigenvalue weighted by molar-refractivity contribution is 5.94. The molecule has 4 aromatic rings. The van der Waals surface area contributed by atoms with Gasteiger partial charge < -0.3 is 19.9 Å². The highest BCUT2D eigenvalue weighted by Crippen LogP contribution is 2.32. The van der Waals surface area contributed by atoms with Crippen LogP contribution in [0.2, 0.25) is 0 Å². The van der Waals surface area contributed by atoms with Crippen molar-refractivity contribution in [1.82, 2.24) is 19.9 Å². The fraction of sp³-hybridized carbons (Fsp3) is 0.208. The van der Waals surface area contributed by atoms with Crippen LogP contribution in [0.25, 0.3) is 16.7 Å². The van der Waals surface area contributed by atoms with Crippen LogP contribution in [0.5, 0.6) is 0 Å². The summed E-state index contributed by atoms with van der Waals surface area (Å²) in [6.45, 7) is 0.417.